The molecule has 3 nitrogen and oxygen atoms in total. The zero-order valence-electron chi connectivity index (χ0n) is 15.3. The van der Waals surface area contributed by atoms with Gasteiger partial charge in [0, 0.05) is 5.54 Å². The summed E-state index contributed by atoms with van der Waals surface area (Å²) in [4.78, 5) is 19.5. The van der Waals surface area contributed by atoms with Gasteiger partial charge in [0.25, 0.3) is 0 Å². The maximum absolute atomic E-state index is 11.9. The van der Waals surface area contributed by atoms with Gasteiger partial charge in [-0.25, -0.2) is 0 Å². The molecule has 0 rings (SSSR count). The van der Waals surface area contributed by atoms with Crippen molar-refractivity contribution in [2.45, 2.75) is 91.1 Å². The Morgan fingerprint density at radius 3 is 1.59 bits per heavy atom. The molecule has 0 aromatic rings. The van der Waals surface area contributed by atoms with E-state index in [-0.39, 0.29) is 5.16 Å². The fraction of sp³-hybridized carbons (Fsp3) is 0.941. The summed E-state index contributed by atoms with van der Waals surface area (Å²) in [5.74, 6) is 0. The van der Waals surface area contributed by atoms with Gasteiger partial charge in [0.1, 0.15) is 0 Å². The first-order valence-corrected chi connectivity index (χ1v) is 13.0. The van der Waals surface area contributed by atoms with Crippen molar-refractivity contribution in [3.63, 3.8) is 0 Å². The van der Waals surface area contributed by atoms with E-state index in [9.17, 15) is 14.4 Å². The van der Waals surface area contributed by atoms with Crippen molar-refractivity contribution in [1.82, 2.24) is 0 Å². The summed E-state index contributed by atoms with van der Waals surface area (Å²) >= 11 is 0. The minimum absolute atomic E-state index is 0.118. The molecule has 0 radical (unpaired) electrons. The molecular weight excluding hydrogens is 314 g/mol. The van der Waals surface area contributed by atoms with E-state index in [1.54, 1.807) is 5.54 Å². The van der Waals surface area contributed by atoms with Crippen molar-refractivity contribution in [3.05, 3.63) is 0 Å². The Kier molecular flexibility index (Phi) is 10.6. The Hall–Kier alpha value is 0.450. The summed E-state index contributed by atoms with van der Waals surface area (Å²) in [6.45, 7) is 9.19. The molecule has 0 amide bonds. The van der Waals surface area contributed by atoms with Crippen molar-refractivity contribution in [1.29, 1.82) is 0 Å². The third-order valence-electron chi connectivity index (χ3n) is 5.17. The molecule has 0 saturated carbocycles. The Morgan fingerprint density at radius 1 is 0.864 bits per heavy atom. The van der Waals surface area contributed by atoms with Crippen molar-refractivity contribution < 1.29 is 14.4 Å². The normalized spacial score (nSPS) is 13.4. The third-order valence-corrected chi connectivity index (χ3v) is 13.1. The summed E-state index contributed by atoms with van der Waals surface area (Å²) in [7, 11) is -4.09. The summed E-state index contributed by atoms with van der Waals surface area (Å²) in [5, 5.41) is 0.118. The molecule has 0 aliphatic heterocycles. The molecule has 0 heterocycles. The lowest BCUT2D eigenvalue weighted by atomic mass is 9.97. The highest BCUT2D eigenvalue weighted by atomic mass is 31.2. The fourth-order valence-corrected chi connectivity index (χ4v) is 13.0. The van der Waals surface area contributed by atoms with Crippen LogP contribution in [0.25, 0.3) is 0 Å². The van der Waals surface area contributed by atoms with Crippen molar-refractivity contribution >= 4 is 20.0 Å². The van der Waals surface area contributed by atoms with Crippen molar-refractivity contribution in [2.24, 2.45) is 0 Å². The smallest absolute Gasteiger partial charge is 0.321 e. The first-order valence-electron chi connectivity index (χ1n) is 9.05. The van der Waals surface area contributed by atoms with Crippen LogP contribution in [0.1, 0.15) is 86.0 Å². The average Bonchev–Trinajstić information content (AvgIpc) is 2.46. The molecule has 0 unspecified atom stereocenters. The summed E-state index contributed by atoms with van der Waals surface area (Å²) in [6.07, 6.45) is 10.6. The van der Waals surface area contributed by atoms with Gasteiger partial charge < -0.3 is 9.79 Å². The number of hydrogen-bond donors (Lipinski definition) is 2. The Balaban J connectivity index is 6.18. The van der Waals surface area contributed by atoms with Crippen LogP contribution in [0, 0.1) is 0 Å². The van der Waals surface area contributed by atoms with Crippen LogP contribution in [0.5, 0.6) is 0 Å². The Morgan fingerprint density at radius 2 is 1.32 bits per heavy atom. The van der Waals surface area contributed by atoms with Gasteiger partial charge in [0.2, 0.25) is 0 Å². The van der Waals surface area contributed by atoms with Crippen molar-refractivity contribution in [2.75, 3.05) is 12.3 Å². The first kappa shape index (κ1) is 22.4. The predicted molar refractivity (Wildman–Crippen MR) is 103 cm³/mol. The van der Waals surface area contributed by atoms with Crippen LogP contribution >= 0.6 is 14.5 Å². The molecule has 2 N–H and O–H groups in total. The van der Waals surface area contributed by atoms with Crippen LogP contribution in [0.3, 0.4) is 0 Å². The second-order valence-electron chi connectivity index (χ2n) is 6.57. The predicted octanol–water partition coefficient (Wildman–Crippen LogP) is 5.90. The maximum atomic E-state index is 11.9. The van der Waals surface area contributed by atoms with Crippen molar-refractivity contribution in [3.8, 4) is 0 Å². The molecule has 0 atom stereocenters. The van der Waals surface area contributed by atoms with Crippen LogP contribution < -0.4 is 0 Å². The van der Waals surface area contributed by atoms with Gasteiger partial charge in [-0.3, -0.25) is 4.57 Å². The average molecular weight is 352 g/mol. The summed E-state index contributed by atoms with van der Waals surface area (Å²) in [6, 6.07) is 0. The zero-order chi connectivity index (χ0) is 17.3. The quantitative estimate of drug-likeness (QED) is 0.430. The molecule has 0 spiro atoms. The molecule has 0 aliphatic rings. The van der Waals surface area contributed by atoms with Gasteiger partial charge in [-0.2, -0.15) is 0 Å². The lowest BCUT2D eigenvalue weighted by molar-refractivity contribution is 0.393. The van der Waals surface area contributed by atoms with Crippen LogP contribution in [-0.2, 0) is 4.57 Å². The monoisotopic (exact) mass is 352 g/mol. The van der Waals surface area contributed by atoms with E-state index in [1.807, 2.05) is 0 Å². The largest absolute Gasteiger partial charge is 0.349 e. The van der Waals surface area contributed by atoms with E-state index in [0.29, 0.717) is 0 Å². The highest BCUT2D eigenvalue weighted by Gasteiger charge is 2.40. The highest BCUT2D eigenvalue weighted by molar-refractivity contribution is 7.91. The first-order chi connectivity index (χ1) is 10.3. The molecule has 0 saturated heterocycles. The lowest BCUT2D eigenvalue weighted by Gasteiger charge is -2.47. The van der Waals surface area contributed by atoms with Crippen LogP contribution in [0.15, 0.2) is 0 Å². The molecule has 134 valence electrons. The minimum atomic E-state index is -4.09. The number of hydrogen-bond acceptors (Lipinski definition) is 1. The van der Waals surface area contributed by atoms with E-state index in [2.05, 4.69) is 34.6 Å². The number of rotatable bonds is 12. The van der Waals surface area contributed by atoms with Gasteiger partial charge >= 0.3 is 7.60 Å². The summed E-state index contributed by atoms with van der Waals surface area (Å²) in [5.41, 5.74) is 1.56. The van der Waals surface area contributed by atoms with Gasteiger partial charge in [-0.1, -0.05) is 60.8 Å². The van der Waals surface area contributed by atoms with E-state index in [4.69, 9.17) is 0 Å². The molecule has 0 fully saturated rings. The van der Waals surface area contributed by atoms with Gasteiger partial charge in [-0.15, -0.1) is 0 Å². The van der Waals surface area contributed by atoms with E-state index >= 15 is 0 Å². The lowest BCUT2D eigenvalue weighted by Crippen LogP contribution is -2.31. The minimum Gasteiger partial charge on any atom is -0.321 e. The number of unbranched alkanes of at least 4 members (excludes halogenated alkanes) is 2. The third kappa shape index (κ3) is 6.16. The zero-order valence-corrected chi connectivity index (χ0v) is 17.1. The van der Waals surface area contributed by atoms with E-state index < -0.39 is 14.5 Å². The second kappa shape index (κ2) is 10.3. The van der Waals surface area contributed by atoms with E-state index in [1.165, 1.54) is 0 Å². The highest BCUT2D eigenvalue weighted by Crippen LogP contribution is 2.67. The topological polar surface area (TPSA) is 57.5 Å². The molecular formula is C17H38O3P2. The fourth-order valence-electron chi connectivity index (χ4n) is 3.91. The molecule has 22 heavy (non-hydrogen) atoms. The Bertz CT molecular complexity index is 383. The SMILES string of the molecule is CCCCP(=CP(=O)(O)O)(CCCC)C(CC)(CC)CCC. The summed E-state index contributed by atoms with van der Waals surface area (Å²) < 4.78 is 11.9. The van der Waals surface area contributed by atoms with E-state index in [0.717, 1.165) is 63.7 Å². The molecule has 0 bridgehead atoms. The van der Waals surface area contributed by atoms with Crippen LogP contribution in [-0.4, -0.2) is 32.8 Å². The molecule has 0 aromatic heterocycles. The molecule has 0 aliphatic carbocycles. The van der Waals surface area contributed by atoms with Gasteiger partial charge in [0.05, 0.1) is 0 Å². The standard InChI is InChI=1S/C17H38O3P2/c1-6-11-14-21(15-12-7-2,16-22(18,19)20)17(9-4,10-5)13-8-3/h16H,6-15H2,1-5H3,(H2,18,19,20). The van der Waals surface area contributed by atoms with Crippen LogP contribution in [0.4, 0.5) is 0 Å². The molecule has 0 aromatic carbocycles. The maximum Gasteiger partial charge on any atom is 0.349 e. The van der Waals surface area contributed by atoms with Crippen LogP contribution in [0.2, 0.25) is 0 Å². The van der Waals surface area contributed by atoms with Gasteiger partial charge in [0.15, 0.2) is 0 Å². The Labute approximate surface area is 138 Å². The second-order valence-corrected chi connectivity index (χ2v) is 12.6. The van der Waals surface area contributed by atoms with Gasteiger partial charge in [-0.05, 0) is 49.6 Å². The molecule has 5 heteroatoms.